The molecule has 2 aliphatic rings. The molecule has 1 atom stereocenters. The lowest BCUT2D eigenvalue weighted by molar-refractivity contribution is -0.157. The molecule has 258 valence electrons. The average Bonchev–Trinajstić information content (AvgIpc) is 3.55. The Morgan fingerprint density at radius 1 is 0.423 bits per heavy atom. The Morgan fingerprint density at radius 3 is 1.23 bits per heavy atom. The molecule has 6 aromatic carbocycles. The summed E-state index contributed by atoms with van der Waals surface area (Å²) in [6, 6.07) is 65.2. The van der Waals surface area contributed by atoms with E-state index in [4.69, 9.17) is 10.7 Å². The predicted octanol–water partition coefficient (Wildman–Crippen LogP) is 8.80. The van der Waals surface area contributed by atoms with Crippen LogP contribution in [0.25, 0.3) is 0 Å². The molecule has 0 saturated carbocycles. The summed E-state index contributed by atoms with van der Waals surface area (Å²) in [6.07, 6.45) is 4.24. The third kappa shape index (κ3) is 6.52. The molecule has 1 unspecified atom stereocenters. The first-order chi connectivity index (χ1) is 25.6. The zero-order valence-corrected chi connectivity index (χ0v) is 29.5. The number of fused-ring (bicyclic) bond motifs is 1. The molecule has 0 aliphatic carbocycles. The van der Waals surface area contributed by atoms with Crippen LogP contribution in [0.3, 0.4) is 0 Å². The maximum absolute atomic E-state index is 7.68. The number of hydrogen-bond donors (Lipinski definition) is 1. The first-order valence-electron chi connectivity index (χ1n) is 18.2. The molecule has 0 spiro atoms. The molecule has 5 heteroatoms. The predicted molar refractivity (Wildman–Crippen MR) is 212 cm³/mol. The van der Waals surface area contributed by atoms with Gasteiger partial charge in [-0.3, -0.25) is 0 Å². The van der Waals surface area contributed by atoms with Crippen LogP contribution in [0.2, 0.25) is 0 Å². The summed E-state index contributed by atoms with van der Waals surface area (Å²) in [6.45, 7) is 2.01. The maximum atomic E-state index is 7.68. The van der Waals surface area contributed by atoms with Gasteiger partial charge in [-0.05, 0) is 33.4 Å². The van der Waals surface area contributed by atoms with Crippen LogP contribution in [0.1, 0.15) is 33.4 Å². The van der Waals surface area contributed by atoms with Crippen molar-refractivity contribution in [3.8, 4) is 0 Å². The number of nitrogens with two attached hydrogens (primary N) is 1. The Bertz CT molecular complexity index is 2060. The van der Waals surface area contributed by atoms with Crippen molar-refractivity contribution in [2.24, 2.45) is 10.7 Å². The maximum Gasteiger partial charge on any atom is 0.148 e. The van der Waals surface area contributed by atoms with E-state index in [1.807, 2.05) is 0 Å². The van der Waals surface area contributed by atoms with Crippen molar-refractivity contribution >= 4 is 6.34 Å². The topological polar surface area (TPSA) is 48.1 Å². The van der Waals surface area contributed by atoms with E-state index in [9.17, 15) is 0 Å². The number of rotatable bonds is 12. The standard InChI is InChI=1S/C47H45N5/c48-45-44-47(33-40-23-11-3-12-24-40,50(37-49-44)34-41-25-13-4-14-26-41)52(36-43-29-17-6-18-30-43)46(31-38-19-7-1-8-20-38,32-39-21-9-2-10-22-39)51(45)35-42-27-15-5-16-28-42/h1-30,37H,31-36,48H2. The fourth-order valence-corrected chi connectivity index (χ4v) is 8.30. The van der Waals surface area contributed by atoms with Crippen LogP contribution < -0.4 is 5.73 Å². The zero-order valence-electron chi connectivity index (χ0n) is 29.5. The summed E-state index contributed by atoms with van der Waals surface area (Å²) in [7, 11) is 0. The number of hydrogen-bond acceptors (Lipinski definition) is 5. The minimum absolute atomic E-state index is 0.626. The summed E-state index contributed by atoms with van der Waals surface area (Å²) in [5.74, 6) is 0.725. The SMILES string of the molecule is NC1=C2N=CN(Cc3ccccc3)C2(Cc2ccccc2)N(Cc2ccccc2)C(Cc2ccccc2)(Cc2ccccc2)N1Cc1ccccc1. The Hall–Kier alpha value is -5.91. The molecule has 0 fully saturated rings. The smallest absolute Gasteiger partial charge is 0.148 e. The van der Waals surface area contributed by atoms with Gasteiger partial charge in [0.2, 0.25) is 0 Å². The summed E-state index contributed by atoms with van der Waals surface area (Å²) in [4.78, 5) is 13.0. The molecule has 0 saturated heterocycles. The highest BCUT2D eigenvalue weighted by Crippen LogP contribution is 2.51. The molecule has 6 aromatic rings. The monoisotopic (exact) mass is 679 g/mol. The van der Waals surface area contributed by atoms with Crippen LogP contribution in [0.15, 0.2) is 199 Å². The Morgan fingerprint density at radius 2 is 0.788 bits per heavy atom. The van der Waals surface area contributed by atoms with Crippen LogP contribution >= 0.6 is 0 Å². The Kier molecular flexibility index (Phi) is 9.43. The van der Waals surface area contributed by atoms with Gasteiger partial charge in [0, 0.05) is 38.9 Å². The van der Waals surface area contributed by atoms with Gasteiger partial charge in [-0.1, -0.05) is 182 Å². The summed E-state index contributed by atoms with van der Waals surface area (Å²) >= 11 is 0. The van der Waals surface area contributed by atoms with Gasteiger partial charge in [0.05, 0.1) is 6.34 Å². The summed E-state index contributed by atoms with van der Waals surface area (Å²) < 4.78 is 0. The van der Waals surface area contributed by atoms with E-state index in [-0.39, 0.29) is 0 Å². The van der Waals surface area contributed by atoms with Crippen LogP contribution in [-0.2, 0) is 38.9 Å². The fourth-order valence-electron chi connectivity index (χ4n) is 8.30. The lowest BCUT2D eigenvalue weighted by Crippen LogP contribution is -2.76. The second-order valence-electron chi connectivity index (χ2n) is 14.0. The molecule has 5 nitrogen and oxygen atoms in total. The minimum Gasteiger partial charge on any atom is -0.384 e. The van der Waals surface area contributed by atoms with Gasteiger partial charge in [0.25, 0.3) is 0 Å². The van der Waals surface area contributed by atoms with Crippen molar-refractivity contribution in [3.05, 3.63) is 227 Å². The van der Waals surface area contributed by atoms with E-state index in [2.05, 4.69) is 203 Å². The van der Waals surface area contributed by atoms with E-state index >= 15 is 0 Å². The molecule has 0 aromatic heterocycles. The third-order valence-corrected chi connectivity index (χ3v) is 10.7. The van der Waals surface area contributed by atoms with Crippen LogP contribution in [-0.4, -0.2) is 32.4 Å². The second kappa shape index (κ2) is 14.7. The number of nitrogens with zero attached hydrogens (tertiary/aromatic N) is 4. The van der Waals surface area contributed by atoms with E-state index in [0.717, 1.165) is 24.4 Å². The molecule has 52 heavy (non-hydrogen) atoms. The van der Waals surface area contributed by atoms with Gasteiger partial charge in [0.15, 0.2) is 0 Å². The van der Waals surface area contributed by atoms with Crippen molar-refractivity contribution < 1.29 is 0 Å². The first-order valence-corrected chi connectivity index (χ1v) is 18.2. The zero-order chi connectivity index (χ0) is 35.2. The van der Waals surface area contributed by atoms with Crippen LogP contribution in [0.5, 0.6) is 0 Å². The van der Waals surface area contributed by atoms with E-state index in [0.29, 0.717) is 26.1 Å². The van der Waals surface area contributed by atoms with Crippen molar-refractivity contribution in [1.82, 2.24) is 14.7 Å². The average molecular weight is 680 g/mol. The van der Waals surface area contributed by atoms with Gasteiger partial charge in [-0.15, -0.1) is 0 Å². The lowest BCUT2D eigenvalue weighted by Gasteiger charge is -2.63. The van der Waals surface area contributed by atoms with Gasteiger partial charge in [-0.25, -0.2) is 9.89 Å². The van der Waals surface area contributed by atoms with Gasteiger partial charge in [0.1, 0.15) is 22.8 Å². The minimum atomic E-state index is -0.714. The Labute approximate surface area is 308 Å². The highest BCUT2D eigenvalue weighted by molar-refractivity contribution is 5.66. The molecule has 2 aliphatic heterocycles. The van der Waals surface area contributed by atoms with Gasteiger partial charge < -0.3 is 15.5 Å². The number of aliphatic imine (C=N–C) groups is 1. The van der Waals surface area contributed by atoms with Gasteiger partial charge >= 0.3 is 0 Å². The first kappa shape index (κ1) is 33.2. The van der Waals surface area contributed by atoms with E-state index in [1.165, 1.54) is 33.4 Å². The molecule has 2 N–H and O–H groups in total. The fraction of sp³-hybridized carbons (Fsp3) is 0.170. The molecule has 0 radical (unpaired) electrons. The van der Waals surface area contributed by atoms with Gasteiger partial charge in [-0.2, -0.15) is 0 Å². The molecular weight excluding hydrogens is 635 g/mol. The van der Waals surface area contributed by atoms with Crippen molar-refractivity contribution in [2.45, 2.75) is 50.2 Å². The summed E-state index contributed by atoms with van der Waals surface area (Å²) in [5.41, 5.74) is 14.7. The summed E-state index contributed by atoms with van der Waals surface area (Å²) in [5, 5.41) is 0. The second-order valence-corrected chi connectivity index (χ2v) is 14.0. The highest BCUT2D eigenvalue weighted by Gasteiger charge is 2.62. The van der Waals surface area contributed by atoms with Crippen LogP contribution in [0, 0.1) is 0 Å². The van der Waals surface area contributed by atoms with E-state index in [1.54, 1.807) is 0 Å². The van der Waals surface area contributed by atoms with Crippen molar-refractivity contribution in [1.29, 1.82) is 0 Å². The number of benzene rings is 6. The molecular formula is C47H45N5. The van der Waals surface area contributed by atoms with Crippen LogP contribution in [0.4, 0.5) is 0 Å². The van der Waals surface area contributed by atoms with Crippen molar-refractivity contribution in [2.75, 3.05) is 0 Å². The lowest BCUT2D eigenvalue weighted by atomic mass is 9.79. The normalized spacial score (nSPS) is 18.1. The van der Waals surface area contributed by atoms with E-state index < -0.39 is 11.3 Å². The third-order valence-electron chi connectivity index (χ3n) is 10.7. The van der Waals surface area contributed by atoms with Crippen molar-refractivity contribution in [3.63, 3.8) is 0 Å². The highest BCUT2D eigenvalue weighted by atomic mass is 15.6. The molecule has 8 rings (SSSR count). The molecule has 0 bridgehead atoms. The molecule has 0 amide bonds. The quantitative estimate of drug-likeness (QED) is 0.141. The largest absolute Gasteiger partial charge is 0.384 e. The Balaban J connectivity index is 1.44. The molecule has 2 heterocycles.